The molecule has 0 atom stereocenters. The minimum absolute atomic E-state index is 0.247. The Morgan fingerprint density at radius 1 is 0.974 bits per heavy atom. The molecular formula is C29H32ClN3O5. The molecule has 0 aliphatic heterocycles. The van der Waals surface area contributed by atoms with Crippen LogP contribution in [0, 0.1) is 13.8 Å². The van der Waals surface area contributed by atoms with E-state index in [-0.39, 0.29) is 5.91 Å². The first kappa shape index (κ1) is 27.1. The normalized spacial score (nSPS) is 10.9. The molecule has 4 aromatic rings. The predicted octanol–water partition coefficient (Wildman–Crippen LogP) is 5.38. The van der Waals surface area contributed by atoms with Crippen LogP contribution in [0.3, 0.4) is 0 Å². The van der Waals surface area contributed by atoms with Crippen molar-refractivity contribution in [3.63, 3.8) is 0 Å². The number of ether oxygens (including phenoxy) is 4. The molecule has 0 aliphatic rings. The molecule has 0 saturated carbocycles. The van der Waals surface area contributed by atoms with Gasteiger partial charge in [-0.15, -0.1) is 0 Å². The van der Waals surface area contributed by atoms with Crippen LogP contribution in [0.2, 0.25) is 5.02 Å². The maximum Gasteiger partial charge on any atom is 0.251 e. The van der Waals surface area contributed by atoms with Crippen molar-refractivity contribution in [1.29, 1.82) is 0 Å². The Bertz CT molecular complexity index is 1400. The third-order valence-electron chi connectivity index (χ3n) is 6.29. The number of carbonyl (C=O) groups is 1. The van der Waals surface area contributed by atoms with Crippen LogP contribution in [0.5, 0.6) is 23.0 Å². The zero-order valence-corrected chi connectivity index (χ0v) is 23.0. The number of fused-ring (bicyclic) bond motifs is 1. The maximum atomic E-state index is 12.9. The number of benzene rings is 3. The second-order valence-corrected chi connectivity index (χ2v) is 9.19. The van der Waals surface area contributed by atoms with Crippen molar-refractivity contribution < 1.29 is 23.7 Å². The van der Waals surface area contributed by atoms with Crippen LogP contribution in [0.15, 0.2) is 48.5 Å². The Morgan fingerprint density at radius 2 is 1.63 bits per heavy atom. The Morgan fingerprint density at radius 3 is 2.26 bits per heavy atom. The highest BCUT2D eigenvalue weighted by Crippen LogP contribution is 2.38. The Balaban J connectivity index is 1.45. The quantitative estimate of drug-likeness (QED) is 0.276. The summed E-state index contributed by atoms with van der Waals surface area (Å²) in [5.74, 6) is 2.68. The van der Waals surface area contributed by atoms with Crippen molar-refractivity contribution in [3.8, 4) is 23.0 Å². The van der Waals surface area contributed by atoms with E-state index in [1.807, 2.05) is 50.2 Å². The second-order valence-electron chi connectivity index (χ2n) is 8.81. The lowest BCUT2D eigenvalue weighted by Crippen LogP contribution is -2.27. The minimum atomic E-state index is -0.247. The molecule has 8 nitrogen and oxygen atoms in total. The van der Waals surface area contributed by atoms with E-state index in [0.717, 1.165) is 38.8 Å². The number of para-hydroxylation sites is 2. The number of nitrogens with one attached hydrogen (secondary N) is 1. The smallest absolute Gasteiger partial charge is 0.251 e. The average Bonchev–Trinajstić information content (AvgIpc) is 3.27. The van der Waals surface area contributed by atoms with Gasteiger partial charge in [-0.1, -0.05) is 23.7 Å². The van der Waals surface area contributed by atoms with Gasteiger partial charge in [-0.3, -0.25) is 4.79 Å². The van der Waals surface area contributed by atoms with Gasteiger partial charge in [-0.05, 0) is 61.4 Å². The summed E-state index contributed by atoms with van der Waals surface area (Å²) in [5.41, 5.74) is 4.30. The molecule has 0 bridgehead atoms. The molecule has 0 saturated heterocycles. The second kappa shape index (κ2) is 12.1. The molecule has 0 spiro atoms. The van der Waals surface area contributed by atoms with E-state index < -0.39 is 0 Å². The molecule has 0 fully saturated rings. The first-order valence-electron chi connectivity index (χ1n) is 12.3. The molecule has 9 heteroatoms. The zero-order valence-electron chi connectivity index (χ0n) is 22.3. The maximum absolute atomic E-state index is 12.9. The lowest BCUT2D eigenvalue weighted by molar-refractivity contribution is 0.0953. The van der Waals surface area contributed by atoms with Crippen LogP contribution >= 0.6 is 11.6 Å². The van der Waals surface area contributed by atoms with Gasteiger partial charge in [0.05, 0.1) is 38.9 Å². The summed E-state index contributed by atoms with van der Waals surface area (Å²) in [5, 5.41) is 3.73. The summed E-state index contributed by atoms with van der Waals surface area (Å²) < 4.78 is 24.3. The third kappa shape index (κ3) is 5.81. The number of nitrogens with zero attached hydrogens (tertiary/aromatic N) is 2. The Kier molecular flexibility index (Phi) is 8.63. The van der Waals surface area contributed by atoms with E-state index >= 15 is 0 Å². The van der Waals surface area contributed by atoms with E-state index in [2.05, 4.69) is 9.88 Å². The fourth-order valence-corrected chi connectivity index (χ4v) is 4.52. The molecule has 0 unspecified atom stereocenters. The summed E-state index contributed by atoms with van der Waals surface area (Å²) in [6, 6.07) is 15.1. The monoisotopic (exact) mass is 537 g/mol. The van der Waals surface area contributed by atoms with Crippen LogP contribution in [-0.4, -0.2) is 49.9 Å². The van der Waals surface area contributed by atoms with Gasteiger partial charge in [-0.2, -0.15) is 0 Å². The van der Waals surface area contributed by atoms with E-state index in [9.17, 15) is 4.79 Å². The number of imidazole rings is 1. The van der Waals surface area contributed by atoms with Gasteiger partial charge in [0.1, 0.15) is 18.2 Å². The van der Waals surface area contributed by atoms with Crippen LogP contribution in [0.4, 0.5) is 0 Å². The number of methoxy groups -OCH3 is 3. The Labute approximate surface area is 227 Å². The van der Waals surface area contributed by atoms with Crippen molar-refractivity contribution >= 4 is 28.5 Å². The van der Waals surface area contributed by atoms with Gasteiger partial charge < -0.3 is 28.8 Å². The molecule has 1 aromatic heterocycles. The summed E-state index contributed by atoms with van der Waals surface area (Å²) in [6.45, 7) is 5.41. The lowest BCUT2D eigenvalue weighted by Gasteiger charge is -2.14. The predicted molar refractivity (Wildman–Crippen MR) is 148 cm³/mol. The molecule has 4 rings (SSSR count). The van der Waals surface area contributed by atoms with Gasteiger partial charge in [-0.25, -0.2) is 4.98 Å². The van der Waals surface area contributed by atoms with Crippen molar-refractivity contribution in [3.05, 3.63) is 76.1 Å². The molecule has 1 N–H and O–H groups in total. The topological polar surface area (TPSA) is 83.8 Å². The van der Waals surface area contributed by atoms with Gasteiger partial charge >= 0.3 is 0 Å². The van der Waals surface area contributed by atoms with E-state index in [4.69, 9.17) is 35.5 Å². The summed E-state index contributed by atoms with van der Waals surface area (Å²) in [6.07, 6.45) is 0.546. The molecule has 0 aliphatic carbocycles. The van der Waals surface area contributed by atoms with Gasteiger partial charge in [0.15, 0.2) is 11.5 Å². The fourth-order valence-electron chi connectivity index (χ4n) is 4.41. The number of hydrogen-bond donors (Lipinski definition) is 1. The summed E-state index contributed by atoms with van der Waals surface area (Å²) >= 11 is 6.29. The average molecular weight is 538 g/mol. The lowest BCUT2D eigenvalue weighted by atomic mass is 10.1. The highest BCUT2D eigenvalue weighted by molar-refractivity contribution is 6.32. The number of halogens is 1. The van der Waals surface area contributed by atoms with Crippen molar-refractivity contribution in [2.45, 2.75) is 26.8 Å². The van der Waals surface area contributed by atoms with Crippen molar-refractivity contribution in [1.82, 2.24) is 14.9 Å². The van der Waals surface area contributed by atoms with Crippen molar-refractivity contribution in [2.75, 3.05) is 34.5 Å². The highest BCUT2D eigenvalue weighted by Gasteiger charge is 2.17. The minimum Gasteiger partial charge on any atom is -0.493 e. The SMILES string of the molecule is COc1cc(C(=O)NCCc2nc3ccccc3n2CCOc2cc(C)c(Cl)c(C)c2)cc(OC)c1OC. The fraction of sp³-hybridized carbons (Fsp3) is 0.310. The highest BCUT2D eigenvalue weighted by atomic mass is 35.5. The molecule has 1 amide bonds. The largest absolute Gasteiger partial charge is 0.493 e. The standard InChI is InChI=1S/C29H32ClN3O5/c1-18-14-21(15-19(2)27(18)30)38-13-12-33-23-9-7-6-8-22(23)32-26(33)10-11-31-29(34)20-16-24(35-3)28(37-5)25(17-20)36-4/h6-9,14-17H,10-13H2,1-5H3,(H,31,34). The van der Waals surface area contributed by atoms with Crippen LogP contribution in [0.25, 0.3) is 11.0 Å². The molecule has 3 aromatic carbocycles. The Hall–Kier alpha value is -3.91. The van der Waals surface area contributed by atoms with Crippen molar-refractivity contribution in [2.24, 2.45) is 0 Å². The molecule has 38 heavy (non-hydrogen) atoms. The van der Waals surface area contributed by atoms with Gasteiger partial charge in [0.2, 0.25) is 5.75 Å². The molecule has 200 valence electrons. The van der Waals surface area contributed by atoms with E-state index in [1.54, 1.807) is 12.1 Å². The molecule has 1 heterocycles. The third-order valence-corrected chi connectivity index (χ3v) is 6.88. The number of aromatic nitrogens is 2. The number of amides is 1. The van der Waals surface area contributed by atoms with Gasteiger partial charge in [0.25, 0.3) is 5.91 Å². The summed E-state index contributed by atoms with van der Waals surface area (Å²) in [7, 11) is 4.56. The first-order valence-corrected chi connectivity index (χ1v) is 12.7. The van der Waals surface area contributed by atoms with Crippen LogP contribution in [0.1, 0.15) is 27.3 Å². The molecular weight excluding hydrogens is 506 g/mol. The zero-order chi connectivity index (χ0) is 27.2. The van der Waals surface area contributed by atoms with E-state index in [0.29, 0.717) is 48.9 Å². The van der Waals surface area contributed by atoms with Crippen LogP contribution < -0.4 is 24.3 Å². The number of hydrogen-bond acceptors (Lipinski definition) is 6. The number of carbonyl (C=O) groups excluding carboxylic acids is 1. The van der Waals surface area contributed by atoms with Gasteiger partial charge in [0, 0.05) is 23.6 Å². The van der Waals surface area contributed by atoms with E-state index in [1.165, 1.54) is 21.3 Å². The van der Waals surface area contributed by atoms with Crippen LogP contribution in [-0.2, 0) is 13.0 Å². The number of rotatable bonds is 11. The number of aryl methyl sites for hydroxylation is 2. The summed E-state index contributed by atoms with van der Waals surface area (Å²) in [4.78, 5) is 17.7. The first-order chi connectivity index (χ1) is 18.4. The molecule has 0 radical (unpaired) electrons.